The molecule has 3 nitrogen and oxygen atoms in total. The third kappa shape index (κ3) is 4.10. The highest BCUT2D eigenvalue weighted by molar-refractivity contribution is 7.99. The Hall–Kier alpha value is -1.81. The zero-order valence-electron chi connectivity index (χ0n) is 12.1. The molecule has 2 rings (SSSR count). The van der Waals surface area contributed by atoms with E-state index in [1.54, 1.807) is 0 Å². The summed E-state index contributed by atoms with van der Waals surface area (Å²) in [4.78, 5) is 3.33. The number of azo groups is 1. The molecule has 0 unspecified atom stereocenters. The Kier molecular flexibility index (Phi) is 5.18. The van der Waals surface area contributed by atoms with Gasteiger partial charge in [-0.1, -0.05) is 6.92 Å². The molecule has 0 saturated carbocycles. The standard InChI is InChI=1S/C16H19N3S/c1-4-20-16-11-7-14(8-12-16)18-17-13-5-9-15(10-6-13)19(2)3/h5-12H,4H2,1-3H3. The Labute approximate surface area is 124 Å². The molecule has 0 aliphatic rings. The Balaban J connectivity index is 2.04. The van der Waals surface area contributed by atoms with Crippen molar-refractivity contribution in [3.05, 3.63) is 48.5 Å². The summed E-state index contributed by atoms with van der Waals surface area (Å²) in [5, 5.41) is 8.51. The topological polar surface area (TPSA) is 28.0 Å². The Morgan fingerprint density at radius 3 is 1.80 bits per heavy atom. The molecule has 0 heterocycles. The summed E-state index contributed by atoms with van der Waals surface area (Å²) in [5.74, 6) is 1.08. The van der Waals surface area contributed by atoms with Crippen molar-refractivity contribution in [3.63, 3.8) is 0 Å². The molecule has 0 radical (unpaired) electrons. The average Bonchev–Trinajstić information content (AvgIpc) is 2.47. The van der Waals surface area contributed by atoms with Gasteiger partial charge in [-0.3, -0.25) is 0 Å². The molecule has 20 heavy (non-hydrogen) atoms. The highest BCUT2D eigenvalue weighted by Gasteiger charge is 1.96. The number of benzene rings is 2. The SMILES string of the molecule is CCSc1ccc(N=Nc2ccc(N(C)C)cc2)cc1. The van der Waals surface area contributed by atoms with Crippen molar-refractivity contribution in [1.82, 2.24) is 0 Å². The molecule has 0 aliphatic carbocycles. The van der Waals surface area contributed by atoms with E-state index >= 15 is 0 Å². The second kappa shape index (κ2) is 7.10. The van der Waals surface area contributed by atoms with E-state index in [-0.39, 0.29) is 0 Å². The number of hydrogen-bond acceptors (Lipinski definition) is 4. The van der Waals surface area contributed by atoms with Crippen molar-refractivity contribution in [2.45, 2.75) is 11.8 Å². The summed E-state index contributed by atoms with van der Waals surface area (Å²) in [6, 6.07) is 16.2. The van der Waals surface area contributed by atoms with E-state index < -0.39 is 0 Å². The van der Waals surface area contributed by atoms with Crippen LogP contribution < -0.4 is 4.90 Å². The Bertz CT molecular complexity index is 559. The fourth-order valence-electron chi connectivity index (χ4n) is 1.71. The number of rotatable bonds is 5. The van der Waals surface area contributed by atoms with E-state index in [9.17, 15) is 0 Å². The zero-order valence-corrected chi connectivity index (χ0v) is 12.9. The molecule has 2 aromatic rings. The highest BCUT2D eigenvalue weighted by atomic mass is 32.2. The minimum absolute atomic E-state index is 0.864. The maximum absolute atomic E-state index is 4.25. The third-order valence-electron chi connectivity index (χ3n) is 2.79. The Morgan fingerprint density at radius 1 is 0.850 bits per heavy atom. The smallest absolute Gasteiger partial charge is 0.0858 e. The summed E-state index contributed by atoms with van der Waals surface area (Å²) >= 11 is 1.83. The molecule has 2 aromatic carbocycles. The van der Waals surface area contributed by atoms with Crippen LogP contribution in [0.25, 0.3) is 0 Å². The minimum atomic E-state index is 0.864. The van der Waals surface area contributed by atoms with Crippen LogP contribution in [0.5, 0.6) is 0 Å². The van der Waals surface area contributed by atoms with Crippen molar-refractivity contribution in [3.8, 4) is 0 Å². The molecule has 0 N–H and O–H groups in total. The molecular weight excluding hydrogens is 266 g/mol. The lowest BCUT2D eigenvalue weighted by Gasteiger charge is -2.11. The van der Waals surface area contributed by atoms with Gasteiger partial charge in [-0.25, -0.2) is 0 Å². The molecule has 0 amide bonds. The van der Waals surface area contributed by atoms with Gasteiger partial charge in [-0.15, -0.1) is 11.8 Å². The van der Waals surface area contributed by atoms with Gasteiger partial charge in [0.25, 0.3) is 0 Å². The molecular formula is C16H19N3S. The molecule has 0 saturated heterocycles. The van der Waals surface area contributed by atoms with Crippen molar-refractivity contribution in [2.24, 2.45) is 10.2 Å². The maximum Gasteiger partial charge on any atom is 0.0858 e. The molecule has 0 bridgehead atoms. The van der Waals surface area contributed by atoms with E-state index in [0.717, 1.165) is 22.8 Å². The fourth-order valence-corrected chi connectivity index (χ4v) is 2.37. The van der Waals surface area contributed by atoms with Crippen LogP contribution in [-0.2, 0) is 0 Å². The maximum atomic E-state index is 4.25. The molecule has 0 aromatic heterocycles. The van der Waals surface area contributed by atoms with Gasteiger partial charge in [0.05, 0.1) is 11.4 Å². The van der Waals surface area contributed by atoms with Gasteiger partial charge in [0, 0.05) is 24.7 Å². The van der Waals surface area contributed by atoms with E-state index in [4.69, 9.17) is 0 Å². The lowest BCUT2D eigenvalue weighted by atomic mass is 10.3. The van der Waals surface area contributed by atoms with Gasteiger partial charge in [0.15, 0.2) is 0 Å². The molecule has 104 valence electrons. The minimum Gasteiger partial charge on any atom is -0.378 e. The first-order valence-electron chi connectivity index (χ1n) is 6.61. The van der Waals surface area contributed by atoms with E-state index in [2.05, 4.69) is 34.2 Å². The van der Waals surface area contributed by atoms with E-state index in [1.165, 1.54) is 4.90 Å². The van der Waals surface area contributed by atoms with Crippen LogP contribution in [0.1, 0.15) is 6.92 Å². The summed E-state index contributed by atoms with van der Waals surface area (Å²) in [6.45, 7) is 2.15. The van der Waals surface area contributed by atoms with Crippen LogP contribution in [-0.4, -0.2) is 19.8 Å². The Morgan fingerprint density at radius 2 is 1.35 bits per heavy atom. The normalized spacial score (nSPS) is 10.9. The first-order chi connectivity index (χ1) is 9.69. The summed E-state index contributed by atoms with van der Waals surface area (Å²) in [7, 11) is 4.04. The first-order valence-corrected chi connectivity index (χ1v) is 7.59. The zero-order chi connectivity index (χ0) is 14.4. The van der Waals surface area contributed by atoms with Crippen molar-refractivity contribution in [1.29, 1.82) is 0 Å². The number of hydrogen-bond donors (Lipinski definition) is 0. The predicted molar refractivity (Wildman–Crippen MR) is 87.8 cm³/mol. The van der Waals surface area contributed by atoms with Crippen LogP contribution in [0.4, 0.5) is 17.1 Å². The summed E-state index contributed by atoms with van der Waals surface area (Å²) in [5.41, 5.74) is 2.90. The van der Waals surface area contributed by atoms with Gasteiger partial charge in [-0.2, -0.15) is 10.2 Å². The molecule has 0 fully saturated rings. The number of anilines is 1. The van der Waals surface area contributed by atoms with Gasteiger partial charge in [-0.05, 0) is 54.3 Å². The average molecular weight is 285 g/mol. The number of thioether (sulfide) groups is 1. The fraction of sp³-hybridized carbons (Fsp3) is 0.250. The lowest BCUT2D eigenvalue weighted by Crippen LogP contribution is -2.07. The molecule has 0 spiro atoms. The van der Waals surface area contributed by atoms with Crippen molar-refractivity contribution >= 4 is 28.8 Å². The molecule has 0 aliphatic heterocycles. The molecule has 0 atom stereocenters. The first kappa shape index (κ1) is 14.6. The van der Waals surface area contributed by atoms with Crippen molar-refractivity contribution < 1.29 is 0 Å². The van der Waals surface area contributed by atoms with Gasteiger partial charge in [0.2, 0.25) is 0 Å². The predicted octanol–water partition coefficient (Wildman–Crippen LogP) is 5.28. The quantitative estimate of drug-likeness (QED) is 0.552. The van der Waals surface area contributed by atoms with Gasteiger partial charge in [0.1, 0.15) is 0 Å². The van der Waals surface area contributed by atoms with Crippen LogP contribution in [0, 0.1) is 0 Å². The van der Waals surface area contributed by atoms with Crippen LogP contribution in [0.2, 0.25) is 0 Å². The summed E-state index contributed by atoms with van der Waals surface area (Å²) < 4.78 is 0. The largest absolute Gasteiger partial charge is 0.378 e. The van der Waals surface area contributed by atoms with Crippen molar-refractivity contribution in [2.75, 3.05) is 24.7 Å². The van der Waals surface area contributed by atoms with Crippen LogP contribution in [0.15, 0.2) is 63.7 Å². The second-order valence-electron chi connectivity index (χ2n) is 4.54. The second-order valence-corrected chi connectivity index (χ2v) is 5.88. The number of nitrogens with zero attached hydrogens (tertiary/aromatic N) is 3. The van der Waals surface area contributed by atoms with Crippen LogP contribution >= 0.6 is 11.8 Å². The van der Waals surface area contributed by atoms with E-state index in [1.807, 2.05) is 62.3 Å². The monoisotopic (exact) mass is 285 g/mol. The van der Waals surface area contributed by atoms with Gasteiger partial charge < -0.3 is 4.90 Å². The lowest BCUT2D eigenvalue weighted by molar-refractivity contribution is 1.13. The summed E-state index contributed by atoms with van der Waals surface area (Å²) in [6.07, 6.45) is 0. The molecule has 4 heteroatoms. The van der Waals surface area contributed by atoms with Crippen LogP contribution in [0.3, 0.4) is 0 Å². The van der Waals surface area contributed by atoms with Gasteiger partial charge >= 0.3 is 0 Å². The highest BCUT2D eigenvalue weighted by Crippen LogP contribution is 2.24. The third-order valence-corrected chi connectivity index (χ3v) is 3.69. The van der Waals surface area contributed by atoms with E-state index in [0.29, 0.717) is 0 Å².